The van der Waals surface area contributed by atoms with Crippen molar-refractivity contribution in [2.75, 3.05) is 4.90 Å². The third-order valence-electron chi connectivity index (χ3n) is 5.64. The van der Waals surface area contributed by atoms with Gasteiger partial charge in [-0.25, -0.2) is 4.79 Å². The van der Waals surface area contributed by atoms with E-state index in [4.69, 9.17) is 4.74 Å². The van der Waals surface area contributed by atoms with Crippen molar-refractivity contribution in [3.05, 3.63) is 121 Å². The van der Waals surface area contributed by atoms with Gasteiger partial charge in [-0.05, 0) is 77.0 Å². The standard InChI is InChI=1S/C30H23NO2/c1-21(2)30(32)33-29-17-15-26(16-18-29)31(27-13-11-22-7-3-5-9-24(22)19-27)28-14-12-23-8-4-6-10-25(23)20-28/h3-20H,1H2,2H3. The van der Waals surface area contributed by atoms with Crippen molar-refractivity contribution in [1.29, 1.82) is 0 Å². The molecule has 0 unspecified atom stereocenters. The van der Waals surface area contributed by atoms with E-state index in [0.29, 0.717) is 11.3 Å². The monoisotopic (exact) mass is 429 g/mol. The minimum absolute atomic E-state index is 0.369. The van der Waals surface area contributed by atoms with Crippen LogP contribution in [0.15, 0.2) is 121 Å². The van der Waals surface area contributed by atoms with Gasteiger partial charge in [0.25, 0.3) is 0 Å². The molecule has 0 aliphatic heterocycles. The number of esters is 1. The number of ether oxygens (including phenoxy) is 1. The number of nitrogens with zero attached hydrogens (tertiary/aromatic N) is 1. The lowest BCUT2D eigenvalue weighted by molar-refractivity contribution is -0.130. The summed E-state index contributed by atoms with van der Waals surface area (Å²) in [5.41, 5.74) is 3.44. The van der Waals surface area contributed by atoms with Gasteiger partial charge in [-0.1, -0.05) is 67.2 Å². The predicted octanol–water partition coefficient (Wildman–Crippen LogP) is 7.94. The second-order valence-corrected chi connectivity index (χ2v) is 8.06. The molecule has 5 aromatic carbocycles. The summed E-state index contributed by atoms with van der Waals surface area (Å²) in [5.74, 6) is 0.0624. The SMILES string of the molecule is C=C(C)C(=O)Oc1ccc(N(c2ccc3ccccc3c2)c2ccc3ccccc3c2)cc1. The first-order valence-electron chi connectivity index (χ1n) is 10.8. The fourth-order valence-electron chi connectivity index (χ4n) is 3.94. The Hall–Kier alpha value is -4.37. The van der Waals surface area contributed by atoms with Crippen LogP contribution in [0, 0.1) is 0 Å². The van der Waals surface area contributed by atoms with Crippen molar-refractivity contribution in [3.63, 3.8) is 0 Å². The Morgan fingerprint density at radius 3 is 1.58 bits per heavy atom. The van der Waals surface area contributed by atoms with Crippen molar-refractivity contribution in [1.82, 2.24) is 0 Å². The minimum atomic E-state index is -0.427. The molecular weight excluding hydrogens is 406 g/mol. The van der Waals surface area contributed by atoms with E-state index in [1.165, 1.54) is 21.5 Å². The fraction of sp³-hybridized carbons (Fsp3) is 0.0333. The lowest BCUT2D eigenvalue weighted by Crippen LogP contribution is -2.11. The summed E-state index contributed by atoms with van der Waals surface area (Å²) in [4.78, 5) is 14.1. The molecule has 0 heterocycles. The molecule has 0 fully saturated rings. The largest absolute Gasteiger partial charge is 0.423 e. The molecule has 0 aromatic heterocycles. The van der Waals surface area contributed by atoms with E-state index < -0.39 is 5.97 Å². The molecule has 33 heavy (non-hydrogen) atoms. The average molecular weight is 430 g/mol. The van der Waals surface area contributed by atoms with Crippen LogP contribution >= 0.6 is 0 Å². The predicted molar refractivity (Wildman–Crippen MR) is 137 cm³/mol. The zero-order valence-electron chi connectivity index (χ0n) is 18.4. The van der Waals surface area contributed by atoms with Gasteiger partial charge in [0.2, 0.25) is 0 Å². The van der Waals surface area contributed by atoms with Gasteiger partial charge in [0.1, 0.15) is 5.75 Å². The van der Waals surface area contributed by atoms with Crippen molar-refractivity contribution in [2.45, 2.75) is 6.92 Å². The molecule has 0 radical (unpaired) electrons. The highest BCUT2D eigenvalue weighted by atomic mass is 16.5. The number of benzene rings is 5. The molecule has 0 saturated carbocycles. The van der Waals surface area contributed by atoms with Crippen LogP contribution in [-0.2, 0) is 4.79 Å². The molecule has 0 spiro atoms. The highest BCUT2D eigenvalue weighted by Gasteiger charge is 2.14. The summed E-state index contributed by atoms with van der Waals surface area (Å²) >= 11 is 0. The van der Waals surface area contributed by atoms with Crippen molar-refractivity contribution >= 4 is 44.6 Å². The van der Waals surface area contributed by atoms with E-state index in [0.717, 1.165) is 17.1 Å². The molecule has 0 amide bonds. The van der Waals surface area contributed by atoms with Crippen LogP contribution in [0.4, 0.5) is 17.1 Å². The molecular formula is C30H23NO2. The summed E-state index contributed by atoms with van der Waals surface area (Å²) in [6.07, 6.45) is 0. The molecule has 3 heteroatoms. The number of hydrogen-bond donors (Lipinski definition) is 0. The van der Waals surface area contributed by atoms with Gasteiger partial charge in [0.15, 0.2) is 0 Å². The summed E-state index contributed by atoms with van der Waals surface area (Å²) in [6, 6.07) is 37.2. The van der Waals surface area contributed by atoms with Crippen LogP contribution < -0.4 is 9.64 Å². The van der Waals surface area contributed by atoms with Crippen LogP contribution in [0.1, 0.15) is 6.92 Å². The van der Waals surface area contributed by atoms with Gasteiger partial charge < -0.3 is 9.64 Å². The third kappa shape index (κ3) is 4.21. The van der Waals surface area contributed by atoms with Crippen LogP contribution in [-0.4, -0.2) is 5.97 Å². The lowest BCUT2D eigenvalue weighted by Gasteiger charge is -2.26. The number of carbonyl (C=O) groups is 1. The number of hydrogen-bond acceptors (Lipinski definition) is 3. The van der Waals surface area contributed by atoms with E-state index in [1.807, 2.05) is 36.4 Å². The molecule has 0 saturated heterocycles. The zero-order valence-corrected chi connectivity index (χ0v) is 18.4. The number of anilines is 3. The first-order chi connectivity index (χ1) is 16.1. The first-order valence-corrected chi connectivity index (χ1v) is 10.8. The molecule has 0 aliphatic carbocycles. The molecule has 160 valence electrons. The highest BCUT2D eigenvalue weighted by molar-refractivity contribution is 5.92. The van der Waals surface area contributed by atoms with Gasteiger partial charge in [0, 0.05) is 22.6 Å². The van der Waals surface area contributed by atoms with E-state index in [9.17, 15) is 4.79 Å². The summed E-state index contributed by atoms with van der Waals surface area (Å²) in [5, 5.41) is 4.74. The molecule has 5 rings (SSSR count). The van der Waals surface area contributed by atoms with Crippen molar-refractivity contribution in [3.8, 4) is 5.75 Å². The van der Waals surface area contributed by atoms with Gasteiger partial charge in [-0.15, -0.1) is 0 Å². The Labute approximate surface area is 193 Å². The number of rotatable bonds is 5. The first kappa shape index (κ1) is 20.5. The minimum Gasteiger partial charge on any atom is -0.423 e. The Morgan fingerprint density at radius 1 is 0.636 bits per heavy atom. The fourth-order valence-corrected chi connectivity index (χ4v) is 3.94. The second kappa shape index (κ2) is 8.64. The van der Waals surface area contributed by atoms with Gasteiger partial charge in [-0.3, -0.25) is 0 Å². The molecule has 0 N–H and O–H groups in total. The Kier molecular flexibility index (Phi) is 5.37. The quantitative estimate of drug-likeness (QED) is 0.161. The molecule has 0 aliphatic rings. The summed E-state index contributed by atoms with van der Waals surface area (Å²) in [6.45, 7) is 5.28. The van der Waals surface area contributed by atoms with Crippen molar-refractivity contribution < 1.29 is 9.53 Å². The van der Waals surface area contributed by atoms with E-state index >= 15 is 0 Å². The zero-order chi connectivity index (χ0) is 22.8. The average Bonchev–Trinajstić information content (AvgIpc) is 2.85. The van der Waals surface area contributed by atoms with Gasteiger partial charge in [0.05, 0.1) is 0 Å². The lowest BCUT2D eigenvalue weighted by atomic mass is 10.1. The maximum Gasteiger partial charge on any atom is 0.338 e. The van der Waals surface area contributed by atoms with E-state index in [2.05, 4.69) is 84.3 Å². The Balaban J connectivity index is 1.61. The Bertz CT molecular complexity index is 1410. The van der Waals surface area contributed by atoms with Crippen LogP contribution in [0.3, 0.4) is 0 Å². The van der Waals surface area contributed by atoms with E-state index in [-0.39, 0.29) is 0 Å². The molecule has 0 bridgehead atoms. The maximum atomic E-state index is 11.9. The smallest absolute Gasteiger partial charge is 0.338 e. The molecule has 5 aromatic rings. The Morgan fingerprint density at radius 2 is 1.09 bits per heavy atom. The number of carbonyl (C=O) groups excluding carboxylic acids is 1. The normalized spacial score (nSPS) is 10.8. The molecule has 0 atom stereocenters. The third-order valence-corrected chi connectivity index (χ3v) is 5.64. The second-order valence-electron chi connectivity index (χ2n) is 8.06. The highest BCUT2D eigenvalue weighted by Crippen LogP contribution is 2.38. The van der Waals surface area contributed by atoms with Crippen LogP contribution in [0.5, 0.6) is 5.75 Å². The number of fused-ring (bicyclic) bond motifs is 2. The van der Waals surface area contributed by atoms with Crippen LogP contribution in [0.25, 0.3) is 21.5 Å². The topological polar surface area (TPSA) is 29.5 Å². The maximum absolute atomic E-state index is 11.9. The summed E-state index contributed by atoms with van der Waals surface area (Å²) < 4.78 is 5.38. The van der Waals surface area contributed by atoms with Gasteiger partial charge >= 0.3 is 5.97 Å². The van der Waals surface area contributed by atoms with E-state index in [1.54, 1.807) is 6.92 Å². The summed E-state index contributed by atoms with van der Waals surface area (Å²) in [7, 11) is 0. The van der Waals surface area contributed by atoms with Crippen molar-refractivity contribution in [2.24, 2.45) is 0 Å². The molecule has 3 nitrogen and oxygen atoms in total. The van der Waals surface area contributed by atoms with Gasteiger partial charge in [-0.2, -0.15) is 0 Å². The van der Waals surface area contributed by atoms with Crippen LogP contribution in [0.2, 0.25) is 0 Å².